The lowest BCUT2D eigenvalue weighted by molar-refractivity contribution is -0.118. The molecule has 0 saturated heterocycles. The molecule has 2 heterocycles. The van der Waals surface area contributed by atoms with Crippen molar-refractivity contribution < 1.29 is 14.3 Å². The Kier molecular flexibility index (Phi) is 4.48. The van der Waals surface area contributed by atoms with Crippen molar-refractivity contribution in [3.63, 3.8) is 0 Å². The van der Waals surface area contributed by atoms with Crippen molar-refractivity contribution in [2.75, 3.05) is 11.9 Å². The molecule has 7 heteroatoms. The van der Waals surface area contributed by atoms with E-state index in [1.54, 1.807) is 47.3 Å². The molecule has 1 aromatic heterocycles. The van der Waals surface area contributed by atoms with Crippen molar-refractivity contribution in [1.82, 2.24) is 9.78 Å². The number of benzene rings is 2. The number of carbonyl (C=O) groups is 2. The fourth-order valence-electron chi connectivity index (χ4n) is 2.66. The number of halogens is 1. The van der Waals surface area contributed by atoms with Crippen LogP contribution in [0.2, 0.25) is 5.02 Å². The number of ketones is 1. The largest absolute Gasteiger partial charge is 0.482 e. The van der Waals surface area contributed by atoms with Crippen LogP contribution in [0.5, 0.6) is 5.75 Å². The van der Waals surface area contributed by atoms with Gasteiger partial charge < -0.3 is 10.1 Å². The number of anilines is 1. The lowest BCUT2D eigenvalue weighted by Gasteiger charge is -2.17. The first-order valence-electron chi connectivity index (χ1n) is 8.18. The van der Waals surface area contributed by atoms with Crippen LogP contribution >= 0.6 is 11.6 Å². The third-order valence-electron chi connectivity index (χ3n) is 4.02. The van der Waals surface area contributed by atoms with E-state index < -0.39 is 0 Å². The van der Waals surface area contributed by atoms with E-state index in [1.807, 2.05) is 18.3 Å². The van der Waals surface area contributed by atoms with Crippen LogP contribution in [0.4, 0.5) is 5.69 Å². The minimum atomic E-state index is -0.239. The van der Waals surface area contributed by atoms with Gasteiger partial charge in [0.2, 0.25) is 0 Å². The van der Waals surface area contributed by atoms with E-state index in [0.29, 0.717) is 22.0 Å². The highest BCUT2D eigenvalue weighted by atomic mass is 35.5. The molecule has 0 radical (unpaired) electrons. The molecule has 134 valence electrons. The molecule has 0 aliphatic carbocycles. The zero-order chi connectivity index (χ0) is 18.8. The van der Waals surface area contributed by atoms with E-state index in [-0.39, 0.29) is 18.3 Å². The smallest absolute Gasteiger partial charge is 0.262 e. The molecular formula is C20H14ClN3O3. The second-order valence-electron chi connectivity index (χ2n) is 5.94. The van der Waals surface area contributed by atoms with Gasteiger partial charge in [-0.25, -0.2) is 4.68 Å². The Labute approximate surface area is 160 Å². The second kappa shape index (κ2) is 7.09. The first-order valence-corrected chi connectivity index (χ1v) is 8.56. The van der Waals surface area contributed by atoms with Crippen LogP contribution in [-0.2, 0) is 4.79 Å². The van der Waals surface area contributed by atoms with Gasteiger partial charge in [-0.15, -0.1) is 0 Å². The molecule has 27 heavy (non-hydrogen) atoms. The average molecular weight is 380 g/mol. The molecule has 1 amide bonds. The fraction of sp³-hybridized carbons (Fsp3) is 0.0500. The van der Waals surface area contributed by atoms with Gasteiger partial charge in [0.05, 0.1) is 17.6 Å². The monoisotopic (exact) mass is 379 g/mol. The van der Waals surface area contributed by atoms with E-state index in [4.69, 9.17) is 16.3 Å². The Balaban J connectivity index is 1.50. The molecule has 0 unspecified atom stereocenters. The topological polar surface area (TPSA) is 73.2 Å². The molecule has 6 nitrogen and oxygen atoms in total. The van der Waals surface area contributed by atoms with Crippen LogP contribution in [0.1, 0.15) is 15.9 Å². The van der Waals surface area contributed by atoms with Gasteiger partial charge in [-0.2, -0.15) is 5.10 Å². The van der Waals surface area contributed by atoms with Crippen LogP contribution in [0, 0.1) is 0 Å². The molecule has 1 aliphatic rings. The maximum absolute atomic E-state index is 12.4. The Morgan fingerprint density at radius 1 is 1.22 bits per heavy atom. The van der Waals surface area contributed by atoms with Gasteiger partial charge in [-0.1, -0.05) is 11.6 Å². The molecule has 0 spiro atoms. The zero-order valence-electron chi connectivity index (χ0n) is 14.1. The van der Waals surface area contributed by atoms with Crippen molar-refractivity contribution in [2.45, 2.75) is 0 Å². The van der Waals surface area contributed by atoms with Gasteiger partial charge in [0.25, 0.3) is 5.91 Å². The normalized spacial score (nSPS) is 13.1. The molecule has 2 aromatic carbocycles. The number of fused-ring (bicyclic) bond motifs is 1. The number of rotatable bonds is 4. The van der Waals surface area contributed by atoms with Gasteiger partial charge in [0.1, 0.15) is 5.75 Å². The standard InChI is InChI=1S/C20H14ClN3O3/c21-15-3-5-16(6-4-15)24-11-13(10-22-24)1-7-18(25)14-2-8-19-17(9-14)23-20(26)12-27-19/h1-11H,12H2,(H,23,26). The predicted octanol–water partition coefficient (Wildman–Crippen LogP) is 3.75. The Morgan fingerprint density at radius 2 is 2.04 bits per heavy atom. The maximum atomic E-state index is 12.4. The molecule has 3 aromatic rings. The molecule has 0 atom stereocenters. The summed E-state index contributed by atoms with van der Waals surface area (Å²) in [6.07, 6.45) is 6.64. The first-order chi connectivity index (χ1) is 13.1. The van der Waals surface area contributed by atoms with Crippen LogP contribution in [0.3, 0.4) is 0 Å². The zero-order valence-corrected chi connectivity index (χ0v) is 14.8. The Morgan fingerprint density at radius 3 is 2.85 bits per heavy atom. The number of amides is 1. The number of carbonyl (C=O) groups excluding carboxylic acids is 2. The molecular weight excluding hydrogens is 366 g/mol. The van der Waals surface area contributed by atoms with Gasteiger partial charge in [-0.3, -0.25) is 9.59 Å². The van der Waals surface area contributed by atoms with E-state index in [0.717, 1.165) is 11.3 Å². The number of ether oxygens (including phenoxy) is 1. The minimum Gasteiger partial charge on any atom is -0.482 e. The summed E-state index contributed by atoms with van der Waals surface area (Å²) in [5.74, 6) is 0.133. The lowest BCUT2D eigenvalue weighted by atomic mass is 10.1. The van der Waals surface area contributed by atoms with Crippen molar-refractivity contribution >= 4 is 35.1 Å². The van der Waals surface area contributed by atoms with Crippen LogP contribution < -0.4 is 10.1 Å². The molecule has 1 aliphatic heterocycles. The maximum Gasteiger partial charge on any atom is 0.262 e. The summed E-state index contributed by atoms with van der Waals surface area (Å²) in [6, 6.07) is 12.2. The minimum absolute atomic E-state index is 0.0161. The van der Waals surface area contributed by atoms with Crippen molar-refractivity contribution in [1.29, 1.82) is 0 Å². The lowest BCUT2D eigenvalue weighted by Crippen LogP contribution is -2.25. The summed E-state index contributed by atoms with van der Waals surface area (Å²) in [6.45, 7) is -0.0161. The van der Waals surface area contributed by atoms with Gasteiger partial charge >= 0.3 is 0 Å². The fourth-order valence-corrected chi connectivity index (χ4v) is 2.79. The second-order valence-corrected chi connectivity index (χ2v) is 6.38. The third-order valence-corrected chi connectivity index (χ3v) is 4.27. The number of aromatic nitrogens is 2. The highest BCUT2D eigenvalue weighted by Gasteiger charge is 2.17. The predicted molar refractivity (Wildman–Crippen MR) is 103 cm³/mol. The number of hydrogen-bond donors (Lipinski definition) is 1. The number of hydrogen-bond acceptors (Lipinski definition) is 4. The summed E-state index contributed by atoms with van der Waals surface area (Å²) in [5, 5.41) is 7.63. The SMILES string of the molecule is O=C1COc2ccc(C(=O)C=Cc3cnn(-c4ccc(Cl)cc4)c3)cc2N1. The van der Waals surface area contributed by atoms with Gasteiger partial charge in [0, 0.05) is 22.3 Å². The summed E-state index contributed by atoms with van der Waals surface area (Å²) >= 11 is 5.89. The summed E-state index contributed by atoms with van der Waals surface area (Å²) in [7, 11) is 0. The number of nitrogens with one attached hydrogen (secondary N) is 1. The number of nitrogens with zero attached hydrogens (tertiary/aromatic N) is 2. The molecule has 0 bridgehead atoms. The quantitative estimate of drug-likeness (QED) is 0.553. The van der Waals surface area contributed by atoms with Crippen LogP contribution in [0.25, 0.3) is 11.8 Å². The van der Waals surface area contributed by atoms with Gasteiger partial charge in [0.15, 0.2) is 12.4 Å². The number of allylic oxidation sites excluding steroid dienone is 1. The molecule has 0 fully saturated rings. The third kappa shape index (κ3) is 3.75. The van der Waals surface area contributed by atoms with Crippen molar-refractivity contribution in [2.24, 2.45) is 0 Å². The summed E-state index contributed by atoms with van der Waals surface area (Å²) in [4.78, 5) is 23.8. The average Bonchev–Trinajstić information content (AvgIpc) is 3.15. The van der Waals surface area contributed by atoms with E-state index in [9.17, 15) is 9.59 Å². The molecule has 1 N–H and O–H groups in total. The highest BCUT2D eigenvalue weighted by molar-refractivity contribution is 6.30. The van der Waals surface area contributed by atoms with E-state index in [2.05, 4.69) is 10.4 Å². The van der Waals surface area contributed by atoms with Crippen molar-refractivity contribution in [3.8, 4) is 11.4 Å². The van der Waals surface area contributed by atoms with Crippen LogP contribution in [0.15, 0.2) is 60.9 Å². The Hall–Kier alpha value is -3.38. The van der Waals surface area contributed by atoms with E-state index in [1.165, 1.54) is 6.08 Å². The van der Waals surface area contributed by atoms with Gasteiger partial charge in [-0.05, 0) is 54.6 Å². The van der Waals surface area contributed by atoms with Crippen molar-refractivity contribution in [3.05, 3.63) is 77.1 Å². The first kappa shape index (κ1) is 17.1. The Bertz CT molecular complexity index is 1050. The molecule has 4 rings (SSSR count). The van der Waals surface area contributed by atoms with Crippen LogP contribution in [-0.4, -0.2) is 28.1 Å². The summed E-state index contributed by atoms with van der Waals surface area (Å²) in [5.41, 5.74) is 2.62. The van der Waals surface area contributed by atoms with E-state index >= 15 is 0 Å². The molecule has 0 saturated carbocycles. The summed E-state index contributed by atoms with van der Waals surface area (Å²) < 4.78 is 6.99. The highest BCUT2D eigenvalue weighted by Crippen LogP contribution is 2.28.